The Labute approximate surface area is 157 Å². The van der Waals surface area contributed by atoms with Gasteiger partial charge in [0.15, 0.2) is 10.2 Å². The molecular weight excluding hydrogens is 355 g/mol. The largest absolute Gasteiger partial charge is 0.497 e. The van der Waals surface area contributed by atoms with Gasteiger partial charge in [0.2, 0.25) is 0 Å². The maximum atomic E-state index is 10.9. The van der Waals surface area contributed by atoms with E-state index in [-0.39, 0.29) is 0 Å². The molecule has 2 aliphatic rings. The summed E-state index contributed by atoms with van der Waals surface area (Å²) >= 11 is 6.92. The number of nitrogens with zero attached hydrogens (tertiary/aromatic N) is 2. The predicted molar refractivity (Wildman–Crippen MR) is 107 cm³/mol. The Kier molecular flexibility index (Phi) is 4.14. The van der Waals surface area contributed by atoms with E-state index in [4.69, 9.17) is 17.0 Å². The lowest BCUT2D eigenvalue weighted by Gasteiger charge is -2.35. The zero-order valence-electron chi connectivity index (χ0n) is 14.4. The van der Waals surface area contributed by atoms with Crippen molar-refractivity contribution in [3.05, 3.63) is 18.2 Å². The average molecular weight is 377 g/mol. The van der Waals surface area contributed by atoms with Crippen molar-refractivity contribution in [3.63, 3.8) is 0 Å². The third-order valence-corrected chi connectivity index (χ3v) is 6.65. The van der Waals surface area contributed by atoms with Gasteiger partial charge in [0.25, 0.3) is 0 Å². The van der Waals surface area contributed by atoms with Crippen LogP contribution < -0.4 is 15.4 Å². The summed E-state index contributed by atoms with van der Waals surface area (Å²) in [7, 11) is 3.88. The molecule has 0 saturated carbocycles. The fourth-order valence-corrected chi connectivity index (χ4v) is 5.35. The molecule has 2 saturated heterocycles. The number of nitrogens with one attached hydrogen (secondary N) is 2. The molecule has 2 bridgehead atoms. The molecule has 1 aromatic heterocycles. The quantitative estimate of drug-likeness (QED) is 0.539. The first kappa shape index (κ1) is 17.0. The van der Waals surface area contributed by atoms with Crippen LogP contribution in [0.2, 0.25) is 0 Å². The van der Waals surface area contributed by atoms with Gasteiger partial charge in [-0.15, -0.1) is 0 Å². The van der Waals surface area contributed by atoms with Gasteiger partial charge in [0.1, 0.15) is 11.4 Å². The van der Waals surface area contributed by atoms with Crippen molar-refractivity contribution in [2.45, 2.75) is 12.0 Å². The molecule has 4 rings (SSSR count). The van der Waals surface area contributed by atoms with Gasteiger partial charge in [0.05, 0.1) is 43.5 Å². The van der Waals surface area contributed by atoms with Gasteiger partial charge in [0, 0.05) is 12.3 Å². The van der Waals surface area contributed by atoms with Crippen LogP contribution in [0.4, 0.5) is 5.13 Å². The summed E-state index contributed by atoms with van der Waals surface area (Å²) in [6, 6.07) is 5.79. The minimum atomic E-state index is -0.667. The van der Waals surface area contributed by atoms with E-state index in [2.05, 4.69) is 23.6 Å². The van der Waals surface area contributed by atoms with Crippen molar-refractivity contribution in [1.82, 2.24) is 10.3 Å². The molecule has 0 unspecified atom stereocenters. The van der Waals surface area contributed by atoms with E-state index in [0.29, 0.717) is 17.6 Å². The number of aliphatic hydroxyl groups is 1. The summed E-state index contributed by atoms with van der Waals surface area (Å²) in [4.78, 5) is 4.53. The lowest BCUT2D eigenvalue weighted by atomic mass is 9.87. The summed E-state index contributed by atoms with van der Waals surface area (Å²) < 4.78 is 7.26. The number of methoxy groups -OCH3 is 1. The monoisotopic (exact) mass is 377 g/mol. The molecule has 9 heteroatoms. The topological polar surface area (TPSA) is 66.4 Å². The van der Waals surface area contributed by atoms with E-state index < -0.39 is 5.60 Å². The highest BCUT2D eigenvalue weighted by Gasteiger charge is 2.56. The number of thiazole rings is 1. The molecule has 1 aromatic carbocycles. The molecule has 2 aliphatic heterocycles. The molecule has 0 spiro atoms. The first-order valence-corrected chi connectivity index (χ1v) is 9.67. The molecule has 3 N–H and O–H groups in total. The van der Waals surface area contributed by atoms with Crippen LogP contribution in [0.5, 0.6) is 5.75 Å². The zero-order chi connectivity index (χ0) is 17.7. The second kappa shape index (κ2) is 6.08. The van der Waals surface area contributed by atoms with Gasteiger partial charge < -0.3 is 24.9 Å². The normalized spacial score (nSPS) is 30.6. The number of quaternary nitrogens is 1. The van der Waals surface area contributed by atoms with Crippen molar-refractivity contribution in [3.8, 4) is 5.75 Å². The number of rotatable bonds is 4. The highest BCUT2D eigenvalue weighted by Crippen LogP contribution is 2.40. The number of aromatic nitrogens is 1. The van der Waals surface area contributed by atoms with E-state index in [1.807, 2.05) is 18.2 Å². The minimum absolute atomic E-state index is 0.364. The van der Waals surface area contributed by atoms with Crippen LogP contribution >= 0.6 is 23.6 Å². The molecule has 2 aromatic rings. The standard InChI is InChI=1S/C16H21BN4O2S2/c1-23-11-2-3-12-13(6-11)25-15(19-12)20-14(24)18-8-16(22)9-21(17)5-4-10(16)7-21/h2-3,6,10,22H,4-5,7-9,17H2,1H3,(H-,18,19,20,24)/p+1/t10-,16+,21-/m1/s1. The van der Waals surface area contributed by atoms with Gasteiger partial charge in [-0.05, 0) is 30.4 Å². The fraction of sp³-hybridized carbons (Fsp3) is 0.500. The molecule has 3 heterocycles. The molecule has 6 nitrogen and oxygen atoms in total. The summed E-state index contributed by atoms with van der Waals surface area (Å²) in [5.74, 6) is 1.18. The van der Waals surface area contributed by atoms with E-state index >= 15 is 0 Å². The average Bonchev–Trinajstić information content (AvgIpc) is 3.21. The maximum Gasteiger partial charge on any atom is 0.372 e. The van der Waals surface area contributed by atoms with Crippen LogP contribution in [-0.2, 0) is 0 Å². The highest BCUT2D eigenvalue weighted by molar-refractivity contribution is 7.80. The Balaban J connectivity index is 1.38. The van der Waals surface area contributed by atoms with E-state index in [9.17, 15) is 5.11 Å². The second-order valence-corrected chi connectivity index (χ2v) is 8.87. The molecule has 2 fully saturated rings. The number of ether oxygens (including phenoxy) is 1. The van der Waals surface area contributed by atoms with Crippen LogP contribution in [0.3, 0.4) is 0 Å². The van der Waals surface area contributed by atoms with Crippen LogP contribution in [0, 0.1) is 5.92 Å². The molecule has 132 valence electrons. The van der Waals surface area contributed by atoms with E-state index in [1.165, 1.54) is 17.9 Å². The zero-order valence-corrected chi connectivity index (χ0v) is 16.0. The number of thiocarbonyl (C=S) groups is 1. The minimum Gasteiger partial charge on any atom is -0.497 e. The first-order chi connectivity index (χ1) is 11.9. The van der Waals surface area contributed by atoms with E-state index in [1.54, 1.807) is 7.11 Å². The smallest absolute Gasteiger partial charge is 0.372 e. The third kappa shape index (κ3) is 3.21. The van der Waals surface area contributed by atoms with Gasteiger partial charge in [-0.1, -0.05) is 11.3 Å². The number of piperidine rings is 1. The lowest BCUT2D eigenvalue weighted by molar-refractivity contribution is -0.798. The SMILES string of the molecule is B[N@+]12CC[C@H](C1)[C@](O)(CNC(=S)Nc1nc3ccc(OC)cc3s1)C2. The molecule has 0 aliphatic carbocycles. The van der Waals surface area contributed by atoms with Gasteiger partial charge in [-0.25, -0.2) is 4.98 Å². The Bertz CT molecular complexity index is 832. The summed E-state index contributed by atoms with van der Waals surface area (Å²) in [6.07, 6.45) is 1.09. The van der Waals surface area contributed by atoms with Crippen LogP contribution in [0.15, 0.2) is 18.2 Å². The van der Waals surface area contributed by atoms with Crippen molar-refractivity contribution in [2.75, 3.05) is 38.6 Å². The van der Waals surface area contributed by atoms with Crippen LogP contribution in [-0.4, -0.2) is 66.5 Å². The molecule has 25 heavy (non-hydrogen) atoms. The van der Waals surface area contributed by atoms with Crippen LogP contribution in [0.25, 0.3) is 10.2 Å². The van der Waals surface area contributed by atoms with Gasteiger partial charge in [-0.3, -0.25) is 0 Å². The number of hydrogen-bond acceptors (Lipinski definition) is 5. The molecule has 0 amide bonds. The lowest BCUT2D eigenvalue weighted by Crippen LogP contribution is -2.55. The third-order valence-electron chi connectivity index (χ3n) is 5.47. The fourth-order valence-electron chi connectivity index (χ4n) is 4.21. The number of anilines is 1. The Morgan fingerprint density at radius 1 is 1.60 bits per heavy atom. The molecular formula is C16H22BN4O2S2+. The Morgan fingerprint density at radius 3 is 3.12 bits per heavy atom. The Morgan fingerprint density at radius 2 is 2.44 bits per heavy atom. The number of fused-ring (bicyclic) bond motifs is 3. The summed E-state index contributed by atoms with van der Waals surface area (Å²) in [5.41, 5.74) is 0.243. The molecule has 3 atom stereocenters. The van der Waals surface area contributed by atoms with Crippen molar-refractivity contribution >= 4 is 52.0 Å². The summed E-state index contributed by atoms with van der Waals surface area (Å²) in [6.45, 7) is 3.52. The van der Waals surface area contributed by atoms with Crippen molar-refractivity contribution < 1.29 is 14.2 Å². The number of hydrogen-bond donors (Lipinski definition) is 3. The van der Waals surface area contributed by atoms with Gasteiger partial charge in [-0.2, -0.15) is 0 Å². The van der Waals surface area contributed by atoms with Gasteiger partial charge >= 0.3 is 7.98 Å². The predicted octanol–water partition coefficient (Wildman–Crippen LogP) is 0.721. The first-order valence-electron chi connectivity index (χ1n) is 8.45. The second-order valence-electron chi connectivity index (χ2n) is 7.43. The highest BCUT2D eigenvalue weighted by atomic mass is 32.1. The summed E-state index contributed by atoms with van der Waals surface area (Å²) in [5, 5.41) is 18.5. The van der Waals surface area contributed by atoms with E-state index in [0.717, 1.165) is 45.0 Å². The number of benzene rings is 1. The van der Waals surface area contributed by atoms with Crippen molar-refractivity contribution in [1.29, 1.82) is 0 Å². The van der Waals surface area contributed by atoms with Crippen molar-refractivity contribution in [2.24, 2.45) is 5.92 Å². The molecule has 0 radical (unpaired) electrons. The van der Waals surface area contributed by atoms with Crippen LogP contribution in [0.1, 0.15) is 6.42 Å². The Hall–Kier alpha value is -1.42. The maximum absolute atomic E-state index is 10.9.